The predicted octanol–water partition coefficient (Wildman–Crippen LogP) is 3.34. The second-order valence-electron chi connectivity index (χ2n) is 6.15. The van der Waals surface area contributed by atoms with Crippen LogP contribution in [0.15, 0.2) is 52.4 Å². The van der Waals surface area contributed by atoms with Crippen LogP contribution in [0, 0.1) is 10.1 Å². The Labute approximate surface area is 180 Å². The van der Waals surface area contributed by atoms with E-state index in [0.29, 0.717) is 33.4 Å². The first-order chi connectivity index (χ1) is 14.4. The van der Waals surface area contributed by atoms with Gasteiger partial charge in [0.1, 0.15) is 0 Å². The third-order valence-electron chi connectivity index (χ3n) is 4.07. The van der Waals surface area contributed by atoms with Gasteiger partial charge in [-0.3, -0.25) is 24.3 Å². The number of benzene rings is 2. The van der Waals surface area contributed by atoms with E-state index in [9.17, 15) is 19.7 Å². The van der Waals surface area contributed by atoms with Gasteiger partial charge < -0.3 is 10.1 Å². The van der Waals surface area contributed by atoms with Crippen molar-refractivity contribution in [3.63, 3.8) is 0 Å². The van der Waals surface area contributed by atoms with Crippen LogP contribution in [0.3, 0.4) is 0 Å². The number of aromatic nitrogens is 2. The molecule has 0 aliphatic rings. The van der Waals surface area contributed by atoms with Crippen LogP contribution in [-0.2, 0) is 16.1 Å². The van der Waals surface area contributed by atoms with Crippen molar-refractivity contribution in [2.45, 2.75) is 11.7 Å². The summed E-state index contributed by atoms with van der Waals surface area (Å²) in [6, 6.07) is 10.5. The molecule has 0 aliphatic carbocycles. The number of carbonyl (C=O) groups excluding carboxylic acids is 1. The minimum Gasteiger partial charge on any atom is -0.383 e. The zero-order chi connectivity index (χ0) is 21.7. The van der Waals surface area contributed by atoms with Crippen molar-refractivity contribution in [1.82, 2.24) is 9.55 Å². The largest absolute Gasteiger partial charge is 0.383 e. The molecule has 30 heavy (non-hydrogen) atoms. The Morgan fingerprint density at radius 3 is 2.87 bits per heavy atom. The number of hydrogen-bond donors (Lipinski definition) is 1. The molecule has 11 heteroatoms. The number of thioether (sulfide) groups is 1. The Balaban J connectivity index is 1.81. The van der Waals surface area contributed by atoms with E-state index in [-0.39, 0.29) is 29.5 Å². The lowest BCUT2D eigenvalue weighted by Crippen LogP contribution is -2.26. The van der Waals surface area contributed by atoms with Gasteiger partial charge in [-0.05, 0) is 24.3 Å². The van der Waals surface area contributed by atoms with E-state index in [1.807, 2.05) is 0 Å². The van der Waals surface area contributed by atoms with Crippen molar-refractivity contribution < 1.29 is 14.5 Å². The highest BCUT2D eigenvalue weighted by Gasteiger charge is 2.14. The van der Waals surface area contributed by atoms with Gasteiger partial charge in [0.25, 0.3) is 11.2 Å². The number of non-ortho nitro benzene ring substituents is 1. The molecule has 1 N–H and O–H groups in total. The van der Waals surface area contributed by atoms with Crippen LogP contribution in [0.25, 0.3) is 10.9 Å². The second kappa shape index (κ2) is 9.70. The van der Waals surface area contributed by atoms with Crippen LogP contribution < -0.4 is 10.9 Å². The zero-order valence-electron chi connectivity index (χ0n) is 15.8. The Morgan fingerprint density at radius 2 is 2.13 bits per heavy atom. The maximum atomic E-state index is 12.9. The predicted molar refractivity (Wildman–Crippen MR) is 115 cm³/mol. The van der Waals surface area contributed by atoms with Gasteiger partial charge in [-0.25, -0.2) is 4.98 Å². The lowest BCUT2D eigenvalue weighted by Gasteiger charge is -2.13. The highest BCUT2D eigenvalue weighted by atomic mass is 35.5. The number of rotatable bonds is 8. The summed E-state index contributed by atoms with van der Waals surface area (Å²) in [5.74, 6) is -0.437. The Hall–Kier alpha value is -2.95. The van der Waals surface area contributed by atoms with Gasteiger partial charge in [-0.15, -0.1) is 0 Å². The molecule has 0 saturated carbocycles. The molecule has 3 rings (SSSR count). The summed E-state index contributed by atoms with van der Waals surface area (Å²) in [5, 5.41) is 14.7. The van der Waals surface area contributed by atoms with E-state index >= 15 is 0 Å². The number of hydrogen-bond acceptors (Lipinski definition) is 7. The fourth-order valence-corrected chi connectivity index (χ4v) is 3.68. The van der Waals surface area contributed by atoms with E-state index in [4.69, 9.17) is 16.3 Å². The minimum absolute atomic E-state index is 0.0474. The smallest absolute Gasteiger partial charge is 0.271 e. The Bertz CT molecular complexity index is 1170. The van der Waals surface area contributed by atoms with Crippen LogP contribution in [0.4, 0.5) is 11.4 Å². The first-order valence-electron chi connectivity index (χ1n) is 8.75. The number of nitro benzene ring substituents is 1. The molecule has 0 fully saturated rings. The number of carbonyl (C=O) groups is 1. The lowest BCUT2D eigenvalue weighted by molar-refractivity contribution is -0.384. The molecule has 0 aliphatic heterocycles. The Morgan fingerprint density at radius 1 is 1.33 bits per heavy atom. The normalized spacial score (nSPS) is 10.9. The standard InChI is InChI=1S/C19H17ClN4O5S/c1-29-8-7-23-18(26)15-6-5-12(20)9-16(15)22-19(23)30-11-17(25)21-13-3-2-4-14(10-13)24(27)28/h2-6,9-10H,7-8,11H2,1H3,(H,21,25). The molecule has 0 atom stereocenters. The molecule has 9 nitrogen and oxygen atoms in total. The van der Waals surface area contributed by atoms with Crippen LogP contribution in [0.2, 0.25) is 5.02 Å². The molecule has 0 unspecified atom stereocenters. The molecule has 1 aromatic heterocycles. The minimum atomic E-state index is -0.539. The topological polar surface area (TPSA) is 116 Å². The maximum Gasteiger partial charge on any atom is 0.271 e. The third kappa shape index (κ3) is 5.15. The average molecular weight is 449 g/mol. The first-order valence-corrected chi connectivity index (χ1v) is 10.1. The molecule has 156 valence electrons. The van der Waals surface area contributed by atoms with Crippen molar-refractivity contribution in [2.24, 2.45) is 0 Å². The van der Waals surface area contributed by atoms with Gasteiger partial charge in [0.15, 0.2) is 5.16 Å². The molecule has 1 amide bonds. The van der Waals surface area contributed by atoms with Gasteiger partial charge in [0.2, 0.25) is 5.91 Å². The van der Waals surface area contributed by atoms with Crippen LogP contribution >= 0.6 is 23.4 Å². The van der Waals surface area contributed by atoms with Gasteiger partial charge >= 0.3 is 0 Å². The van der Waals surface area contributed by atoms with Crippen molar-refractivity contribution in [3.05, 3.63) is 68.0 Å². The van der Waals surface area contributed by atoms with Gasteiger partial charge in [0, 0.05) is 30.0 Å². The second-order valence-corrected chi connectivity index (χ2v) is 7.53. The average Bonchev–Trinajstić information content (AvgIpc) is 2.71. The fraction of sp³-hybridized carbons (Fsp3) is 0.211. The number of halogens is 1. The molecule has 0 radical (unpaired) electrons. The summed E-state index contributed by atoms with van der Waals surface area (Å²) in [7, 11) is 1.53. The number of amides is 1. The van der Waals surface area contributed by atoms with Crippen molar-refractivity contribution in [2.75, 3.05) is 24.8 Å². The van der Waals surface area contributed by atoms with Crippen molar-refractivity contribution >= 4 is 51.5 Å². The summed E-state index contributed by atoms with van der Waals surface area (Å²) in [6.07, 6.45) is 0. The Kier molecular flexibility index (Phi) is 7.03. The highest BCUT2D eigenvalue weighted by Crippen LogP contribution is 2.22. The van der Waals surface area contributed by atoms with Gasteiger partial charge in [-0.1, -0.05) is 29.4 Å². The number of nitrogens with one attached hydrogen (secondary N) is 1. The summed E-state index contributed by atoms with van der Waals surface area (Å²) >= 11 is 7.09. The molecular weight excluding hydrogens is 432 g/mol. The zero-order valence-corrected chi connectivity index (χ0v) is 17.4. The van der Waals surface area contributed by atoms with E-state index in [1.54, 1.807) is 24.3 Å². The number of anilines is 1. The van der Waals surface area contributed by atoms with Crippen LogP contribution in [-0.4, -0.2) is 39.9 Å². The molecule has 0 saturated heterocycles. The fourth-order valence-electron chi connectivity index (χ4n) is 2.69. The maximum absolute atomic E-state index is 12.9. The van der Waals surface area contributed by atoms with Crippen molar-refractivity contribution in [1.29, 1.82) is 0 Å². The first kappa shape index (κ1) is 21.8. The number of ether oxygens (including phenoxy) is 1. The van der Waals surface area contributed by atoms with Gasteiger partial charge in [0.05, 0.1) is 34.7 Å². The summed E-state index contributed by atoms with van der Waals surface area (Å²) in [6.45, 7) is 0.573. The highest BCUT2D eigenvalue weighted by molar-refractivity contribution is 7.99. The SMILES string of the molecule is COCCn1c(SCC(=O)Nc2cccc([N+](=O)[O-])c2)nc2cc(Cl)ccc2c1=O. The van der Waals surface area contributed by atoms with Crippen molar-refractivity contribution in [3.8, 4) is 0 Å². The monoisotopic (exact) mass is 448 g/mol. The molecule has 2 aromatic carbocycles. The van der Waals surface area contributed by atoms with E-state index < -0.39 is 4.92 Å². The van der Waals surface area contributed by atoms with Gasteiger partial charge in [-0.2, -0.15) is 0 Å². The molecule has 0 spiro atoms. The van der Waals surface area contributed by atoms with Crippen LogP contribution in [0.5, 0.6) is 0 Å². The lowest BCUT2D eigenvalue weighted by atomic mass is 10.2. The molecule has 0 bridgehead atoms. The molecule has 3 aromatic rings. The summed E-state index contributed by atoms with van der Waals surface area (Å²) < 4.78 is 6.52. The van der Waals surface area contributed by atoms with E-state index in [0.717, 1.165) is 11.8 Å². The number of methoxy groups -OCH3 is 1. The van der Waals surface area contributed by atoms with E-state index in [1.165, 1.54) is 29.9 Å². The number of nitro groups is 1. The number of nitrogens with zero attached hydrogens (tertiary/aromatic N) is 3. The van der Waals surface area contributed by atoms with Crippen LogP contribution in [0.1, 0.15) is 0 Å². The molecular formula is C19H17ClN4O5S. The third-order valence-corrected chi connectivity index (χ3v) is 5.29. The quantitative estimate of drug-likeness (QED) is 0.243. The summed E-state index contributed by atoms with van der Waals surface area (Å²) in [5.41, 5.74) is 0.366. The van der Waals surface area contributed by atoms with E-state index in [2.05, 4.69) is 10.3 Å². The summed E-state index contributed by atoms with van der Waals surface area (Å²) in [4.78, 5) is 40.0. The number of fused-ring (bicyclic) bond motifs is 1. The molecule has 1 heterocycles.